The average molecular weight is 350 g/mol. The third kappa shape index (κ3) is 2.79. The first-order chi connectivity index (χ1) is 12.7. The van der Waals surface area contributed by atoms with E-state index in [0.29, 0.717) is 11.1 Å². The zero-order valence-electron chi connectivity index (χ0n) is 14.5. The zero-order valence-corrected chi connectivity index (χ0v) is 14.5. The molecule has 1 aromatic heterocycles. The molecule has 2 aromatic carbocycles. The number of aromatic nitrogens is 2. The summed E-state index contributed by atoms with van der Waals surface area (Å²) in [6.07, 6.45) is 3.99. The van der Waals surface area contributed by atoms with Crippen molar-refractivity contribution in [2.45, 2.75) is 25.7 Å². The summed E-state index contributed by atoms with van der Waals surface area (Å²) in [5.41, 5.74) is 4.79. The van der Waals surface area contributed by atoms with Gasteiger partial charge in [0, 0.05) is 11.1 Å². The van der Waals surface area contributed by atoms with E-state index >= 15 is 0 Å². The molecule has 4 rings (SSSR count). The lowest BCUT2D eigenvalue weighted by Crippen LogP contribution is -2.04. The second-order valence-electron chi connectivity index (χ2n) is 6.41. The molecule has 0 amide bonds. The van der Waals surface area contributed by atoms with Crippen molar-refractivity contribution in [3.63, 3.8) is 0 Å². The molecule has 3 aromatic rings. The minimum Gasteiger partial charge on any atom is -0.465 e. The number of aryl methyl sites for hydroxylation is 1. The molecule has 26 heavy (non-hydrogen) atoms. The third-order valence-corrected chi connectivity index (χ3v) is 4.82. The van der Waals surface area contributed by atoms with Crippen molar-refractivity contribution >= 4 is 5.97 Å². The first-order valence-electron chi connectivity index (χ1n) is 8.73. The van der Waals surface area contributed by atoms with Crippen LogP contribution >= 0.6 is 0 Å². The highest BCUT2D eigenvalue weighted by Gasteiger charge is 2.24. The molecule has 1 aliphatic carbocycles. The van der Waals surface area contributed by atoms with Crippen molar-refractivity contribution in [1.29, 1.82) is 0 Å². The van der Waals surface area contributed by atoms with Crippen LogP contribution in [0.2, 0.25) is 0 Å². The van der Waals surface area contributed by atoms with Gasteiger partial charge in [-0.2, -0.15) is 5.10 Å². The highest BCUT2D eigenvalue weighted by Crippen LogP contribution is 2.34. The van der Waals surface area contributed by atoms with Crippen LogP contribution in [0.25, 0.3) is 16.9 Å². The van der Waals surface area contributed by atoms with Crippen LogP contribution in [0.3, 0.4) is 0 Å². The normalized spacial score (nSPS) is 13.3. The summed E-state index contributed by atoms with van der Waals surface area (Å²) in [6.45, 7) is 0. The van der Waals surface area contributed by atoms with Crippen molar-refractivity contribution in [2.24, 2.45) is 0 Å². The molecule has 1 aliphatic rings. The number of carbonyl (C=O) groups is 1. The summed E-state index contributed by atoms with van der Waals surface area (Å²) in [5.74, 6) is -0.640. The molecule has 0 atom stereocenters. The number of fused-ring (bicyclic) bond motifs is 1. The lowest BCUT2D eigenvalue weighted by molar-refractivity contribution is 0.0600. The number of ether oxygens (including phenoxy) is 1. The highest BCUT2D eigenvalue weighted by molar-refractivity contribution is 5.89. The van der Waals surface area contributed by atoms with Gasteiger partial charge < -0.3 is 4.74 Å². The van der Waals surface area contributed by atoms with Crippen LogP contribution in [-0.2, 0) is 17.6 Å². The minimum absolute atomic E-state index is 0.256. The topological polar surface area (TPSA) is 44.1 Å². The molecule has 0 aliphatic heterocycles. The predicted octanol–water partition coefficient (Wildman–Crippen LogP) is 4.34. The van der Waals surface area contributed by atoms with Crippen LogP contribution < -0.4 is 0 Å². The molecule has 0 unspecified atom stereocenters. The summed E-state index contributed by atoms with van der Waals surface area (Å²) in [5, 5.41) is 4.77. The highest BCUT2D eigenvalue weighted by atomic mass is 19.1. The number of hydrogen-bond acceptors (Lipinski definition) is 3. The van der Waals surface area contributed by atoms with Gasteiger partial charge in [0.2, 0.25) is 0 Å². The monoisotopic (exact) mass is 350 g/mol. The maximum Gasteiger partial charge on any atom is 0.337 e. The number of halogens is 1. The van der Waals surface area contributed by atoms with Gasteiger partial charge in [-0.1, -0.05) is 12.1 Å². The summed E-state index contributed by atoms with van der Waals surface area (Å²) in [4.78, 5) is 11.7. The predicted molar refractivity (Wildman–Crippen MR) is 96.9 cm³/mol. The molecular formula is C21H19FN2O2. The van der Waals surface area contributed by atoms with Crippen LogP contribution in [-0.4, -0.2) is 22.9 Å². The summed E-state index contributed by atoms with van der Waals surface area (Å²) >= 11 is 0. The smallest absolute Gasteiger partial charge is 0.337 e. The largest absolute Gasteiger partial charge is 0.465 e. The van der Waals surface area contributed by atoms with Gasteiger partial charge in [0.05, 0.1) is 29.7 Å². The Bertz CT molecular complexity index is 961. The first-order valence-corrected chi connectivity index (χ1v) is 8.73. The summed E-state index contributed by atoms with van der Waals surface area (Å²) in [7, 11) is 1.36. The van der Waals surface area contributed by atoms with Crippen molar-refractivity contribution in [3.05, 3.63) is 71.2 Å². The number of nitrogens with zero attached hydrogens (tertiary/aromatic N) is 2. The standard InChI is InChI=1S/C21H19FN2O2/c1-26-21(25)14-10-12-15(13-11-14)24-20(16-6-2-4-8-18(16)22)17-7-3-5-9-19(17)23-24/h2,4,6,8,10-13H,3,5,7,9H2,1H3. The van der Waals surface area contributed by atoms with Crippen molar-refractivity contribution in [2.75, 3.05) is 7.11 Å². The Labute approximate surface area is 151 Å². The number of rotatable bonds is 3. The van der Waals surface area contributed by atoms with Crippen LogP contribution in [0, 0.1) is 5.82 Å². The average Bonchev–Trinajstić information content (AvgIpc) is 3.07. The van der Waals surface area contributed by atoms with Crippen molar-refractivity contribution < 1.29 is 13.9 Å². The van der Waals surface area contributed by atoms with Gasteiger partial charge in [0.15, 0.2) is 0 Å². The molecule has 0 radical (unpaired) electrons. The molecule has 0 bridgehead atoms. The summed E-state index contributed by atoms with van der Waals surface area (Å²) in [6, 6.07) is 13.8. The van der Waals surface area contributed by atoms with Crippen molar-refractivity contribution in [1.82, 2.24) is 9.78 Å². The van der Waals surface area contributed by atoms with Crippen LogP contribution in [0.15, 0.2) is 48.5 Å². The molecule has 0 saturated carbocycles. The van der Waals surface area contributed by atoms with Crippen molar-refractivity contribution in [3.8, 4) is 16.9 Å². The number of methoxy groups -OCH3 is 1. The number of esters is 1. The van der Waals surface area contributed by atoms with E-state index in [9.17, 15) is 9.18 Å². The molecule has 132 valence electrons. The van der Waals surface area contributed by atoms with E-state index in [1.54, 1.807) is 28.9 Å². The second kappa shape index (κ2) is 6.75. The fourth-order valence-corrected chi connectivity index (χ4v) is 3.53. The van der Waals surface area contributed by atoms with Crippen LogP contribution in [0.4, 0.5) is 4.39 Å². The quantitative estimate of drug-likeness (QED) is 0.660. The summed E-state index contributed by atoms with van der Waals surface area (Å²) < 4.78 is 21.1. The van der Waals surface area contributed by atoms with E-state index in [2.05, 4.69) is 0 Å². The van der Waals surface area contributed by atoms with E-state index in [1.807, 2.05) is 18.2 Å². The Morgan fingerprint density at radius 2 is 1.81 bits per heavy atom. The molecule has 0 spiro atoms. The van der Waals surface area contributed by atoms with Gasteiger partial charge in [-0.3, -0.25) is 0 Å². The van der Waals surface area contributed by atoms with E-state index in [-0.39, 0.29) is 11.8 Å². The fraction of sp³-hybridized carbons (Fsp3) is 0.238. The first kappa shape index (κ1) is 16.5. The van der Waals surface area contributed by atoms with Gasteiger partial charge in [0.25, 0.3) is 0 Å². The Balaban J connectivity index is 1.87. The molecule has 4 nitrogen and oxygen atoms in total. The number of hydrogen-bond donors (Lipinski definition) is 0. The maximum atomic E-state index is 14.5. The van der Waals surface area contributed by atoms with Gasteiger partial charge in [-0.25, -0.2) is 13.9 Å². The number of benzene rings is 2. The molecule has 0 saturated heterocycles. The Hall–Kier alpha value is -2.95. The second-order valence-corrected chi connectivity index (χ2v) is 6.41. The van der Waals surface area contributed by atoms with E-state index in [4.69, 9.17) is 9.84 Å². The molecule has 5 heteroatoms. The lowest BCUT2D eigenvalue weighted by Gasteiger charge is -2.13. The molecule has 1 heterocycles. The minimum atomic E-state index is -0.384. The van der Waals surface area contributed by atoms with E-state index in [0.717, 1.165) is 48.3 Å². The fourth-order valence-electron chi connectivity index (χ4n) is 3.53. The Morgan fingerprint density at radius 1 is 1.08 bits per heavy atom. The van der Waals surface area contributed by atoms with E-state index in [1.165, 1.54) is 13.2 Å². The molecule has 0 N–H and O–H groups in total. The molecular weight excluding hydrogens is 331 g/mol. The SMILES string of the molecule is COC(=O)c1ccc(-n2nc3c(c2-c2ccccc2F)CCCC3)cc1. The van der Waals surface area contributed by atoms with Gasteiger partial charge in [0.1, 0.15) is 5.82 Å². The van der Waals surface area contributed by atoms with Gasteiger partial charge in [-0.15, -0.1) is 0 Å². The van der Waals surface area contributed by atoms with E-state index < -0.39 is 0 Å². The third-order valence-electron chi connectivity index (χ3n) is 4.82. The Kier molecular flexibility index (Phi) is 4.29. The molecule has 0 fully saturated rings. The maximum absolute atomic E-state index is 14.5. The Morgan fingerprint density at radius 3 is 2.54 bits per heavy atom. The van der Waals surface area contributed by atoms with Crippen LogP contribution in [0.1, 0.15) is 34.5 Å². The zero-order chi connectivity index (χ0) is 18.1. The van der Waals surface area contributed by atoms with Gasteiger partial charge >= 0.3 is 5.97 Å². The van der Waals surface area contributed by atoms with Gasteiger partial charge in [-0.05, 0) is 62.1 Å². The van der Waals surface area contributed by atoms with Crippen LogP contribution in [0.5, 0.6) is 0 Å². The number of carbonyl (C=O) groups excluding carboxylic acids is 1. The lowest BCUT2D eigenvalue weighted by atomic mass is 9.93.